The number of hydrogen-bond acceptors (Lipinski definition) is 2. The van der Waals surface area contributed by atoms with Gasteiger partial charge in [-0.15, -0.1) is 0 Å². The van der Waals surface area contributed by atoms with Crippen LogP contribution in [0, 0.1) is 0 Å². The molecule has 0 radical (unpaired) electrons. The molecule has 0 spiro atoms. The van der Waals surface area contributed by atoms with Gasteiger partial charge in [0.05, 0.1) is 10.9 Å². The van der Waals surface area contributed by atoms with E-state index < -0.39 is 5.97 Å². The highest BCUT2D eigenvalue weighted by atomic mass is 79.9. The number of carbonyl (C=O) groups is 1. The summed E-state index contributed by atoms with van der Waals surface area (Å²) in [5.74, 6) is -0.928. The largest absolute Gasteiger partial charge is 0.506 e. The molecule has 0 saturated heterocycles. The number of carboxylic acids is 1. The van der Waals surface area contributed by atoms with E-state index in [1.807, 2.05) is 0 Å². The zero-order valence-electron chi connectivity index (χ0n) is 7.70. The first-order chi connectivity index (χ1) is 6.52. The first-order valence-corrected chi connectivity index (χ1v) is 5.01. The number of phenolic OH excluding ortho intramolecular Hbond substituents is 1. The first-order valence-electron chi connectivity index (χ1n) is 4.21. The van der Waals surface area contributed by atoms with Gasteiger partial charge in [0.15, 0.2) is 0 Å². The Morgan fingerprint density at radius 2 is 2.21 bits per heavy atom. The van der Waals surface area contributed by atoms with Crippen LogP contribution in [-0.4, -0.2) is 16.2 Å². The summed E-state index contributed by atoms with van der Waals surface area (Å²) in [4.78, 5) is 10.5. The Bertz CT molecular complexity index is 349. The smallest absolute Gasteiger partial charge is 0.303 e. The second-order valence-corrected chi connectivity index (χ2v) is 4.03. The number of para-hydroxylation sites is 1. The minimum Gasteiger partial charge on any atom is -0.506 e. The third-order valence-corrected chi connectivity index (χ3v) is 2.67. The zero-order chi connectivity index (χ0) is 10.7. The normalized spacial score (nSPS) is 12.4. The van der Waals surface area contributed by atoms with E-state index in [2.05, 4.69) is 15.9 Å². The lowest BCUT2D eigenvalue weighted by atomic mass is 9.97. The Morgan fingerprint density at radius 3 is 2.79 bits per heavy atom. The standard InChI is InChI=1S/C10H11BrO3/c1-6(5-9(12)13)7-3-2-4-8(11)10(7)14/h2-4,6,14H,5H2,1H3,(H,12,13). The van der Waals surface area contributed by atoms with Gasteiger partial charge in [-0.25, -0.2) is 0 Å². The average Bonchev–Trinajstić information content (AvgIpc) is 2.08. The summed E-state index contributed by atoms with van der Waals surface area (Å²) >= 11 is 3.18. The number of carboxylic acid groups (broad SMARTS) is 1. The predicted molar refractivity (Wildman–Crippen MR) is 56.5 cm³/mol. The number of rotatable bonds is 3. The van der Waals surface area contributed by atoms with Crippen LogP contribution in [0.15, 0.2) is 22.7 Å². The Morgan fingerprint density at radius 1 is 1.57 bits per heavy atom. The van der Waals surface area contributed by atoms with E-state index in [0.29, 0.717) is 10.0 Å². The molecule has 0 bridgehead atoms. The van der Waals surface area contributed by atoms with E-state index >= 15 is 0 Å². The lowest BCUT2D eigenvalue weighted by Gasteiger charge is -2.11. The van der Waals surface area contributed by atoms with Crippen molar-refractivity contribution < 1.29 is 15.0 Å². The van der Waals surface area contributed by atoms with Crippen molar-refractivity contribution >= 4 is 21.9 Å². The summed E-state index contributed by atoms with van der Waals surface area (Å²) in [6.07, 6.45) is 0.0179. The van der Waals surface area contributed by atoms with Crippen molar-refractivity contribution in [3.8, 4) is 5.75 Å². The highest BCUT2D eigenvalue weighted by Crippen LogP contribution is 2.33. The minimum atomic E-state index is -0.864. The molecule has 0 saturated carbocycles. The van der Waals surface area contributed by atoms with E-state index in [1.165, 1.54) is 0 Å². The van der Waals surface area contributed by atoms with Crippen LogP contribution in [0.3, 0.4) is 0 Å². The van der Waals surface area contributed by atoms with Gasteiger partial charge < -0.3 is 10.2 Å². The fraction of sp³-hybridized carbons (Fsp3) is 0.300. The lowest BCUT2D eigenvalue weighted by Crippen LogP contribution is -2.03. The van der Waals surface area contributed by atoms with Gasteiger partial charge in [0.1, 0.15) is 5.75 Å². The summed E-state index contributed by atoms with van der Waals surface area (Å²) in [6.45, 7) is 1.77. The van der Waals surface area contributed by atoms with Crippen molar-refractivity contribution in [1.82, 2.24) is 0 Å². The third-order valence-electron chi connectivity index (χ3n) is 2.03. The van der Waals surface area contributed by atoms with Crippen molar-refractivity contribution in [2.75, 3.05) is 0 Å². The summed E-state index contributed by atoms with van der Waals surface area (Å²) in [7, 11) is 0. The molecule has 4 heteroatoms. The summed E-state index contributed by atoms with van der Waals surface area (Å²) in [5.41, 5.74) is 0.654. The number of halogens is 1. The molecule has 0 fully saturated rings. The van der Waals surface area contributed by atoms with Crippen LogP contribution >= 0.6 is 15.9 Å². The zero-order valence-corrected chi connectivity index (χ0v) is 9.28. The SMILES string of the molecule is CC(CC(=O)O)c1cccc(Br)c1O. The molecule has 1 aromatic carbocycles. The molecule has 1 rings (SSSR count). The molecule has 0 aromatic heterocycles. The average molecular weight is 259 g/mol. The van der Waals surface area contributed by atoms with Crippen molar-refractivity contribution in [2.24, 2.45) is 0 Å². The molecule has 0 aliphatic heterocycles. The van der Waals surface area contributed by atoms with Crippen molar-refractivity contribution in [2.45, 2.75) is 19.3 Å². The first kappa shape index (κ1) is 11.0. The second-order valence-electron chi connectivity index (χ2n) is 3.18. The van der Waals surface area contributed by atoms with Gasteiger partial charge in [-0.3, -0.25) is 4.79 Å². The third kappa shape index (κ3) is 2.48. The van der Waals surface area contributed by atoms with Gasteiger partial charge in [-0.05, 0) is 33.5 Å². The van der Waals surface area contributed by atoms with Crippen LogP contribution < -0.4 is 0 Å². The van der Waals surface area contributed by atoms with Gasteiger partial charge >= 0.3 is 5.97 Å². The van der Waals surface area contributed by atoms with Crippen LogP contribution in [0.5, 0.6) is 5.75 Å². The van der Waals surface area contributed by atoms with Crippen LogP contribution in [-0.2, 0) is 4.79 Å². The molecular weight excluding hydrogens is 248 g/mol. The summed E-state index contributed by atoms with van der Waals surface area (Å²) in [6, 6.07) is 5.22. The van der Waals surface area contributed by atoms with Crippen molar-refractivity contribution in [3.05, 3.63) is 28.2 Å². The molecule has 2 N–H and O–H groups in total. The molecule has 1 aromatic rings. The Balaban J connectivity index is 2.95. The fourth-order valence-corrected chi connectivity index (χ4v) is 1.68. The van der Waals surface area contributed by atoms with Crippen LogP contribution in [0.2, 0.25) is 0 Å². The van der Waals surface area contributed by atoms with E-state index in [9.17, 15) is 9.90 Å². The number of hydrogen-bond donors (Lipinski definition) is 2. The van der Waals surface area contributed by atoms with Gasteiger partial charge in [0, 0.05) is 0 Å². The Kier molecular flexibility index (Phi) is 3.52. The maximum atomic E-state index is 10.5. The van der Waals surface area contributed by atoms with E-state index in [0.717, 1.165) is 0 Å². The van der Waals surface area contributed by atoms with Crippen molar-refractivity contribution in [3.63, 3.8) is 0 Å². The number of aromatic hydroxyl groups is 1. The predicted octanol–water partition coefficient (Wildman–Crippen LogP) is 2.73. The van der Waals surface area contributed by atoms with Gasteiger partial charge in [-0.1, -0.05) is 19.1 Å². The molecule has 1 unspecified atom stereocenters. The Hall–Kier alpha value is -1.03. The molecular formula is C10H11BrO3. The summed E-state index contributed by atoms with van der Waals surface area (Å²) in [5, 5.41) is 18.3. The lowest BCUT2D eigenvalue weighted by molar-refractivity contribution is -0.137. The Labute approximate surface area is 90.5 Å². The minimum absolute atomic E-state index is 0.0179. The summed E-state index contributed by atoms with van der Waals surface area (Å²) < 4.78 is 0.590. The van der Waals surface area contributed by atoms with Crippen LogP contribution in [0.1, 0.15) is 24.8 Å². The molecule has 0 amide bonds. The molecule has 3 nitrogen and oxygen atoms in total. The molecule has 76 valence electrons. The van der Waals surface area contributed by atoms with E-state index in [4.69, 9.17) is 5.11 Å². The van der Waals surface area contributed by atoms with E-state index in [1.54, 1.807) is 25.1 Å². The van der Waals surface area contributed by atoms with Crippen LogP contribution in [0.25, 0.3) is 0 Å². The second kappa shape index (κ2) is 4.46. The molecule has 0 aliphatic carbocycles. The maximum absolute atomic E-state index is 10.5. The van der Waals surface area contributed by atoms with Gasteiger partial charge in [0.25, 0.3) is 0 Å². The van der Waals surface area contributed by atoms with Gasteiger partial charge in [-0.2, -0.15) is 0 Å². The van der Waals surface area contributed by atoms with E-state index in [-0.39, 0.29) is 18.1 Å². The highest BCUT2D eigenvalue weighted by Gasteiger charge is 2.14. The van der Waals surface area contributed by atoms with Crippen LogP contribution in [0.4, 0.5) is 0 Å². The monoisotopic (exact) mass is 258 g/mol. The fourth-order valence-electron chi connectivity index (χ4n) is 1.30. The maximum Gasteiger partial charge on any atom is 0.303 e. The molecule has 1 atom stereocenters. The number of phenols is 1. The highest BCUT2D eigenvalue weighted by molar-refractivity contribution is 9.10. The number of benzene rings is 1. The van der Waals surface area contributed by atoms with Crippen molar-refractivity contribution in [1.29, 1.82) is 0 Å². The van der Waals surface area contributed by atoms with Gasteiger partial charge in [0.2, 0.25) is 0 Å². The molecule has 14 heavy (non-hydrogen) atoms. The molecule has 0 heterocycles. The quantitative estimate of drug-likeness (QED) is 0.877. The number of aliphatic carboxylic acids is 1. The topological polar surface area (TPSA) is 57.5 Å². The molecule has 0 aliphatic rings.